The molecule has 3 rings (SSSR count). The normalized spacial score (nSPS) is 12.5. The van der Waals surface area contributed by atoms with Gasteiger partial charge in [-0.2, -0.15) is 18.3 Å². The van der Waals surface area contributed by atoms with E-state index in [2.05, 4.69) is 10.4 Å². The summed E-state index contributed by atoms with van der Waals surface area (Å²) < 4.78 is 44.8. The van der Waals surface area contributed by atoms with E-state index in [0.29, 0.717) is 17.0 Å². The van der Waals surface area contributed by atoms with Gasteiger partial charge in [0, 0.05) is 17.3 Å². The van der Waals surface area contributed by atoms with E-state index < -0.39 is 29.2 Å². The minimum atomic E-state index is -4.47. The monoisotopic (exact) mass is 445 g/mol. The third-order valence-corrected chi connectivity index (χ3v) is 4.55. The van der Waals surface area contributed by atoms with Crippen molar-refractivity contribution in [2.24, 2.45) is 0 Å². The summed E-state index contributed by atoms with van der Waals surface area (Å²) in [5.74, 6) is 0.0542. The highest BCUT2D eigenvalue weighted by Crippen LogP contribution is 2.30. The maximum Gasteiger partial charge on any atom is 0.416 e. The molecule has 0 fully saturated rings. The van der Waals surface area contributed by atoms with Crippen molar-refractivity contribution < 1.29 is 22.7 Å². The van der Waals surface area contributed by atoms with E-state index in [-0.39, 0.29) is 11.8 Å². The lowest BCUT2D eigenvalue weighted by atomic mass is 10.1. The number of carbonyl (C=O) groups excluding carboxylic acids is 1. The van der Waals surface area contributed by atoms with E-state index >= 15 is 0 Å². The molecule has 1 heterocycles. The molecule has 0 spiro atoms. The van der Waals surface area contributed by atoms with Crippen LogP contribution in [0.15, 0.2) is 65.5 Å². The average molecular weight is 445 g/mol. The number of nitrogens with zero attached hydrogens (tertiary/aromatic N) is 2. The SMILES string of the molecule is CC(C)Oc1cccc(-c2ccc(=O)n(C(C)C(=O)Nc3ccc(C(F)(F)F)cc3)n2)c1. The van der Waals surface area contributed by atoms with Crippen molar-refractivity contribution in [3.63, 3.8) is 0 Å². The highest BCUT2D eigenvalue weighted by Gasteiger charge is 2.30. The lowest BCUT2D eigenvalue weighted by Crippen LogP contribution is -2.33. The van der Waals surface area contributed by atoms with Gasteiger partial charge < -0.3 is 10.1 Å². The van der Waals surface area contributed by atoms with Crippen LogP contribution in [0, 0.1) is 0 Å². The predicted molar refractivity (Wildman–Crippen MR) is 114 cm³/mol. The predicted octanol–water partition coefficient (Wildman–Crippen LogP) is 4.92. The molecule has 32 heavy (non-hydrogen) atoms. The lowest BCUT2D eigenvalue weighted by molar-refractivity contribution is -0.137. The summed E-state index contributed by atoms with van der Waals surface area (Å²) in [4.78, 5) is 25.0. The Kier molecular flexibility index (Phi) is 6.67. The molecule has 3 aromatic rings. The Morgan fingerprint density at radius 3 is 2.34 bits per heavy atom. The number of aromatic nitrogens is 2. The molecule has 0 bridgehead atoms. The Morgan fingerprint density at radius 1 is 1.03 bits per heavy atom. The van der Waals surface area contributed by atoms with Crippen LogP contribution in [0.5, 0.6) is 5.75 Å². The Balaban J connectivity index is 1.82. The number of hydrogen-bond donors (Lipinski definition) is 1. The number of hydrogen-bond acceptors (Lipinski definition) is 4. The summed E-state index contributed by atoms with van der Waals surface area (Å²) in [5, 5.41) is 6.82. The molecule has 9 heteroatoms. The smallest absolute Gasteiger partial charge is 0.416 e. The molecule has 0 saturated carbocycles. The number of nitrogens with one attached hydrogen (secondary N) is 1. The molecule has 6 nitrogen and oxygen atoms in total. The fraction of sp³-hybridized carbons (Fsp3) is 0.261. The Labute approximate surface area is 182 Å². The molecule has 1 aromatic heterocycles. The van der Waals surface area contributed by atoms with E-state index in [1.165, 1.54) is 13.0 Å². The number of benzene rings is 2. The van der Waals surface area contributed by atoms with Gasteiger partial charge in [0.15, 0.2) is 0 Å². The summed E-state index contributed by atoms with van der Waals surface area (Å²) in [6, 6.07) is 13.1. The topological polar surface area (TPSA) is 73.2 Å². The van der Waals surface area contributed by atoms with Gasteiger partial charge in [-0.1, -0.05) is 12.1 Å². The van der Waals surface area contributed by atoms with E-state index in [4.69, 9.17) is 4.74 Å². The quantitative estimate of drug-likeness (QED) is 0.585. The minimum Gasteiger partial charge on any atom is -0.491 e. The van der Waals surface area contributed by atoms with Crippen LogP contribution in [0.2, 0.25) is 0 Å². The second-order valence-corrected chi connectivity index (χ2v) is 7.44. The van der Waals surface area contributed by atoms with Crippen LogP contribution in [0.3, 0.4) is 0 Å². The number of amides is 1. The average Bonchev–Trinajstić information content (AvgIpc) is 2.73. The van der Waals surface area contributed by atoms with Crippen LogP contribution in [0.1, 0.15) is 32.4 Å². The van der Waals surface area contributed by atoms with Crippen molar-refractivity contribution in [3.8, 4) is 17.0 Å². The van der Waals surface area contributed by atoms with Crippen LogP contribution >= 0.6 is 0 Å². The third-order valence-electron chi connectivity index (χ3n) is 4.55. The summed E-state index contributed by atoms with van der Waals surface area (Å²) in [7, 11) is 0. The van der Waals surface area contributed by atoms with Gasteiger partial charge in [-0.3, -0.25) is 9.59 Å². The Bertz CT molecular complexity index is 1160. The van der Waals surface area contributed by atoms with Gasteiger partial charge in [-0.25, -0.2) is 4.68 Å². The van der Waals surface area contributed by atoms with E-state index in [1.54, 1.807) is 30.3 Å². The van der Waals surface area contributed by atoms with Gasteiger partial charge in [-0.15, -0.1) is 0 Å². The third kappa shape index (κ3) is 5.54. The number of carbonyl (C=O) groups is 1. The highest BCUT2D eigenvalue weighted by molar-refractivity contribution is 5.93. The van der Waals surface area contributed by atoms with Gasteiger partial charge in [0.2, 0.25) is 5.91 Å². The zero-order chi connectivity index (χ0) is 23.5. The number of halogens is 3. The Morgan fingerprint density at radius 2 is 1.72 bits per heavy atom. The van der Waals surface area contributed by atoms with Crippen molar-refractivity contribution in [1.82, 2.24) is 9.78 Å². The standard InChI is InChI=1S/C23H22F3N3O3/c1-14(2)32-19-6-4-5-16(13-19)20-11-12-21(30)29(28-20)15(3)22(31)27-18-9-7-17(8-10-18)23(24,25)26/h4-15H,1-3H3,(H,27,31). The summed E-state index contributed by atoms with van der Waals surface area (Å²) in [5.41, 5.74) is 0.0361. The molecule has 0 radical (unpaired) electrons. The maximum atomic E-state index is 12.7. The number of alkyl halides is 3. The number of ether oxygens (including phenoxy) is 1. The van der Waals surface area contributed by atoms with Crippen molar-refractivity contribution in [2.75, 3.05) is 5.32 Å². The molecule has 1 amide bonds. The molecule has 0 aliphatic heterocycles. The number of anilines is 1. The maximum absolute atomic E-state index is 12.7. The van der Waals surface area contributed by atoms with Crippen LogP contribution in [0.25, 0.3) is 11.3 Å². The lowest BCUT2D eigenvalue weighted by Gasteiger charge is -2.16. The molecular weight excluding hydrogens is 423 g/mol. The summed E-state index contributed by atoms with van der Waals surface area (Å²) in [6.45, 7) is 5.29. The zero-order valence-corrected chi connectivity index (χ0v) is 17.7. The summed E-state index contributed by atoms with van der Waals surface area (Å²) >= 11 is 0. The largest absolute Gasteiger partial charge is 0.491 e. The fourth-order valence-corrected chi connectivity index (χ4v) is 2.96. The first-order chi connectivity index (χ1) is 15.0. The molecule has 1 atom stereocenters. The van der Waals surface area contributed by atoms with Gasteiger partial charge in [0.1, 0.15) is 11.8 Å². The van der Waals surface area contributed by atoms with E-state index in [9.17, 15) is 22.8 Å². The van der Waals surface area contributed by atoms with Crippen LogP contribution in [-0.2, 0) is 11.0 Å². The van der Waals surface area contributed by atoms with Crippen molar-refractivity contribution in [2.45, 2.75) is 39.1 Å². The molecule has 2 aromatic carbocycles. The molecule has 0 aliphatic rings. The fourth-order valence-electron chi connectivity index (χ4n) is 2.96. The second-order valence-electron chi connectivity index (χ2n) is 7.44. The molecule has 1 N–H and O–H groups in total. The van der Waals surface area contributed by atoms with Crippen LogP contribution < -0.4 is 15.6 Å². The van der Waals surface area contributed by atoms with Crippen molar-refractivity contribution >= 4 is 11.6 Å². The molecule has 168 valence electrons. The van der Waals surface area contributed by atoms with Crippen LogP contribution in [-0.4, -0.2) is 21.8 Å². The molecule has 0 saturated heterocycles. The zero-order valence-electron chi connectivity index (χ0n) is 17.7. The first kappa shape index (κ1) is 23.1. The molecule has 1 unspecified atom stereocenters. The summed E-state index contributed by atoms with van der Waals surface area (Å²) in [6.07, 6.45) is -4.48. The molecule has 0 aliphatic carbocycles. The second kappa shape index (κ2) is 9.25. The van der Waals surface area contributed by atoms with Gasteiger partial charge in [0.05, 0.1) is 17.4 Å². The van der Waals surface area contributed by atoms with E-state index in [0.717, 1.165) is 28.9 Å². The van der Waals surface area contributed by atoms with Gasteiger partial charge in [-0.05, 0) is 63.2 Å². The van der Waals surface area contributed by atoms with Gasteiger partial charge in [0.25, 0.3) is 5.56 Å². The van der Waals surface area contributed by atoms with Crippen LogP contribution in [0.4, 0.5) is 18.9 Å². The number of rotatable bonds is 6. The highest BCUT2D eigenvalue weighted by atomic mass is 19.4. The Hall–Kier alpha value is -3.62. The van der Waals surface area contributed by atoms with Gasteiger partial charge >= 0.3 is 6.18 Å². The van der Waals surface area contributed by atoms with E-state index in [1.807, 2.05) is 13.8 Å². The van der Waals surface area contributed by atoms with Crippen molar-refractivity contribution in [3.05, 3.63) is 76.6 Å². The first-order valence-corrected chi connectivity index (χ1v) is 9.89. The first-order valence-electron chi connectivity index (χ1n) is 9.89. The minimum absolute atomic E-state index is 0.0129. The molecular formula is C23H22F3N3O3. The van der Waals surface area contributed by atoms with Crippen molar-refractivity contribution in [1.29, 1.82) is 0 Å².